The minimum atomic E-state index is -0.665. The zero-order chi connectivity index (χ0) is 21.0. The zero-order valence-electron chi connectivity index (χ0n) is 17.4. The number of ether oxygens (including phenoxy) is 1. The molecule has 1 amide bonds. The van der Waals surface area contributed by atoms with Crippen LogP contribution in [0, 0.1) is 20.8 Å². The highest BCUT2D eigenvalue weighted by atomic mass is 16.5. The van der Waals surface area contributed by atoms with E-state index >= 15 is 0 Å². The molecule has 0 saturated carbocycles. The lowest BCUT2D eigenvalue weighted by Crippen LogP contribution is -2.43. The van der Waals surface area contributed by atoms with Crippen LogP contribution in [0.1, 0.15) is 68.8 Å². The first-order chi connectivity index (χ1) is 13.2. The maximum Gasteiger partial charge on any atom is 0.355 e. The van der Waals surface area contributed by atoms with Crippen LogP contribution in [-0.4, -0.2) is 46.7 Å². The van der Waals surface area contributed by atoms with Crippen molar-refractivity contribution >= 4 is 17.7 Å². The maximum atomic E-state index is 13.2. The standard InChI is InChI=1S/C22H28N2O4/c1-7-24(21(26)17-11-9-13(3)10-12-17)16(6)20(25)18-14(4)19(23-15(18)5)22(27)28-8-2/h9-12,16,23H,7-8H2,1-6H3. The normalized spacial score (nSPS) is 11.8. The van der Waals surface area contributed by atoms with Gasteiger partial charge in [0, 0.05) is 23.4 Å². The van der Waals surface area contributed by atoms with Crippen molar-refractivity contribution < 1.29 is 19.1 Å². The number of H-pyrrole nitrogens is 1. The van der Waals surface area contributed by atoms with Crippen LogP contribution in [0.25, 0.3) is 0 Å². The van der Waals surface area contributed by atoms with Crippen molar-refractivity contribution in [3.8, 4) is 0 Å². The van der Waals surface area contributed by atoms with Crippen molar-refractivity contribution in [3.63, 3.8) is 0 Å². The summed E-state index contributed by atoms with van der Waals surface area (Å²) in [6.07, 6.45) is 0. The fourth-order valence-electron chi connectivity index (χ4n) is 3.33. The van der Waals surface area contributed by atoms with Crippen LogP contribution < -0.4 is 0 Å². The molecule has 1 aromatic heterocycles. The number of amides is 1. The predicted molar refractivity (Wildman–Crippen MR) is 108 cm³/mol. The minimum Gasteiger partial charge on any atom is -0.461 e. The highest BCUT2D eigenvalue weighted by Gasteiger charge is 2.31. The Bertz CT molecular complexity index is 881. The molecule has 0 aliphatic heterocycles. The minimum absolute atomic E-state index is 0.195. The fraction of sp³-hybridized carbons (Fsp3) is 0.409. The molecule has 2 rings (SSSR count). The second-order valence-electron chi connectivity index (χ2n) is 6.84. The number of aromatic amines is 1. The topological polar surface area (TPSA) is 79.5 Å². The van der Waals surface area contributed by atoms with Gasteiger partial charge in [0.2, 0.25) is 0 Å². The number of hydrogen-bond donors (Lipinski definition) is 1. The van der Waals surface area contributed by atoms with Gasteiger partial charge in [-0.2, -0.15) is 0 Å². The monoisotopic (exact) mass is 384 g/mol. The Kier molecular flexibility index (Phi) is 6.78. The highest BCUT2D eigenvalue weighted by molar-refractivity contribution is 6.07. The number of rotatable bonds is 7. The van der Waals surface area contributed by atoms with Gasteiger partial charge in [-0.25, -0.2) is 4.79 Å². The molecule has 0 aliphatic carbocycles. The van der Waals surface area contributed by atoms with Crippen LogP contribution in [-0.2, 0) is 4.74 Å². The van der Waals surface area contributed by atoms with Gasteiger partial charge in [0.05, 0.1) is 12.6 Å². The quantitative estimate of drug-likeness (QED) is 0.581. The molecule has 1 atom stereocenters. The molecule has 0 spiro atoms. The largest absolute Gasteiger partial charge is 0.461 e. The Balaban J connectivity index is 2.33. The van der Waals surface area contributed by atoms with Gasteiger partial charge in [0.15, 0.2) is 5.78 Å². The van der Waals surface area contributed by atoms with Crippen LogP contribution in [0.5, 0.6) is 0 Å². The molecule has 0 bridgehead atoms. The van der Waals surface area contributed by atoms with Gasteiger partial charge in [0.25, 0.3) is 5.91 Å². The summed E-state index contributed by atoms with van der Waals surface area (Å²) in [7, 11) is 0. The van der Waals surface area contributed by atoms with Gasteiger partial charge in [-0.1, -0.05) is 17.7 Å². The van der Waals surface area contributed by atoms with Gasteiger partial charge in [-0.3, -0.25) is 9.59 Å². The molecule has 0 radical (unpaired) electrons. The molecule has 0 fully saturated rings. The summed E-state index contributed by atoms with van der Waals surface area (Å²) in [6, 6.07) is 6.62. The van der Waals surface area contributed by atoms with Crippen LogP contribution in [0.3, 0.4) is 0 Å². The summed E-state index contributed by atoms with van der Waals surface area (Å²) in [5, 5.41) is 0. The maximum absolute atomic E-state index is 13.2. The first-order valence-electron chi connectivity index (χ1n) is 9.50. The third-order valence-electron chi connectivity index (χ3n) is 4.91. The average molecular weight is 384 g/mol. The summed E-state index contributed by atoms with van der Waals surface area (Å²) in [4.78, 5) is 42.7. The number of carbonyl (C=O) groups is 3. The molecule has 150 valence electrons. The van der Waals surface area contributed by atoms with Crippen molar-refractivity contribution in [3.05, 3.63) is 57.9 Å². The number of carbonyl (C=O) groups excluding carboxylic acids is 3. The van der Waals surface area contributed by atoms with Crippen molar-refractivity contribution in [2.45, 2.75) is 47.6 Å². The van der Waals surface area contributed by atoms with Crippen LogP contribution >= 0.6 is 0 Å². The number of nitrogens with one attached hydrogen (secondary N) is 1. The van der Waals surface area contributed by atoms with Crippen molar-refractivity contribution in [1.82, 2.24) is 9.88 Å². The lowest BCUT2D eigenvalue weighted by Gasteiger charge is -2.27. The van der Waals surface area contributed by atoms with E-state index in [0.29, 0.717) is 28.9 Å². The van der Waals surface area contributed by atoms with Gasteiger partial charge in [0.1, 0.15) is 5.69 Å². The van der Waals surface area contributed by atoms with Gasteiger partial charge >= 0.3 is 5.97 Å². The number of likely N-dealkylation sites (N-methyl/N-ethyl adjacent to an activating group) is 1. The first-order valence-corrected chi connectivity index (χ1v) is 9.50. The van der Waals surface area contributed by atoms with Crippen LogP contribution in [0.4, 0.5) is 0 Å². The van der Waals surface area contributed by atoms with E-state index in [9.17, 15) is 14.4 Å². The highest BCUT2D eigenvalue weighted by Crippen LogP contribution is 2.23. The smallest absolute Gasteiger partial charge is 0.355 e. The van der Waals surface area contributed by atoms with E-state index in [1.807, 2.05) is 26.0 Å². The number of aromatic nitrogens is 1. The van der Waals surface area contributed by atoms with E-state index in [-0.39, 0.29) is 24.0 Å². The second-order valence-corrected chi connectivity index (χ2v) is 6.84. The Morgan fingerprint density at radius 2 is 1.68 bits per heavy atom. The first kappa shape index (κ1) is 21.4. The number of esters is 1. The van der Waals surface area contributed by atoms with E-state index in [4.69, 9.17) is 4.74 Å². The molecule has 0 saturated heterocycles. The number of nitrogens with zero attached hydrogens (tertiary/aromatic N) is 1. The summed E-state index contributed by atoms with van der Waals surface area (Å²) >= 11 is 0. The van der Waals surface area contributed by atoms with Crippen molar-refractivity contribution in [2.24, 2.45) is 0 Å². The molecular formula is C22H28N2O4. The van der Waals surface area contributed by atoms with Crippen LogP contribution in [0.15, 0.2) is 24.3 Å². The molecule has 1 aromatic carbocycles. The predicted octanol–water partition coefficient (Wildman–Crippen LogP) is 3.85. The molecule has 6 heteroatoms. The van der Waals surface area contributed by atoms with Gasteiger partial charge < -0.3 is 14.6 Å². The summed E-state index contributed by atoms with van der Waals surface area (Å²) in [5.74, 6) is -0.887. The number of ketones is 1. The van der Waals surface area contributed by atoms with E-state index in [2.05, 4.69) is 4.98 Å². The number of Topliss-reactive ketones (excluding diaryl/α,β-unsaturated/α-hetero) is 1. The van der Waals surface area contributed by atoms with Gasteiger partial charge in [-0.15, -0.1) is 0 Å². The third-order valence-corrected chi connectivity index (χ3v) is 4.91. The SMILES string of the molecule is CCOC(=O)c1[nH]c(C)c(C(=O)C(C)N(CC)C(=O)c2ccc(C)cc2)c1C. The number of hydrogen-bond acceptors (Lipinski definition) is 4. The molecule has 1 heterocycles. The zero-order valence-corrected chi connectivity index (χ0v) is 17.4. The molecule has 28 heavy (non-hydrogen) atoms. The van der Waals surface area contributed by atoms with E-state index in [1.165, 1.54) is 0 Å². The Morgan fingerprint density at radius 3 is 2.21 bits per heavy atom. The molecule has 1 unspecified atom stereocenters. The summed E-state index contributed by atoms with van der Waals surface area (Å²) in [6.45, 7) is 11.4. The van der Waals surface area contributed by atoms with Crippen LogP contribution in [0.2, 0.25) is 0 Å². The average Bonchev–Trinajstić information content (AvgIpc) is 2.96. The third kappa shape index (κ3) is 4.16. The van der Waals surface area contributed by atoms with Crippen molar-refractivity contribution in [1.29, 1.82) is 0 Å². The Morgan fingerprint density at radius 1 is 1.07 bits per heavy atom. The lowest BCUT2D eigenvalue weighted by atomic mass is 9.99. The Hall–Kier alpha value is -2.89. The number of aryl methyl sites for hydroxylation is 2. The fourth-order valence-corrected chi connectivity index (χ4v) is 3.33. The summed E-state index contributed by atoms with van der Waals surface area (Å²) in [5.41, 5.74) is 3.46. The molecule has 0 aliphatic rings. The second kappa shape index (κ2) is 8.87. The lowest BCUT2D eigenvalue weighted by molar-refractivity contribution is 0.0519. The molecule has 1 N–H and O–H groups in total. The molecule has 6 nitrogen and oxygen atoms in total. The van der Waals surface area contributed by atoms with Gasteiger partial charge in [-0.05, 0) is 59.2 Å². The van der Waals surface area contributed by atoms with E-state index in [1.54, 1.807) is 44.7 Å². The Labute approximate surface area is 165 Å². The molecule has 2 aromatic rings. The summed E-state index contributed by atoms with van der Waals surface area (Å²) < 4.78 is 5.05. The number of benzene rings is 1. The van der Waals surface area contributed by atoms with E-state index < -0.39 is 12.0 Å². The van der Waals surface area contributed by atoms with E-state index in [0.717, 1.165) is 5.56 Å². The van der Waals surface area contributed by atoms with Crippen molar-refractivity contribution in [2.75, 3.05) is 13.2 Å². The molecular weight excluding hydrogens is 356 g/mol.